The molecule has 0 aliphatic carbocycles. The van der Waals surface area contributed by atoms with Crippen LogP contribution in [0.3, 0.4) is 0 Å². The molecule has 0 atom stereocenters. The van der Waals surface area contributed by atoms with Gasteiger partial charge in [-0.1, -0.05) is 42.5 Å². The Hall–Kier alpha value is -4.13. The number of benzene rings is 3. The fourth-order valence-electron chi connectivity index (χ4n) is 3.17. The van der Waals surface area contributed by atoms with Crippen molar-refractivity contribution in [2.75, 3.05) is 28.7 Å². The van der Waals surface area contributed by atoms with E-state index in [4.69, 9.17) is 4.74 Å². The second-order valence-corrected chi connectivity index (χ2v) is 6.65. The van der Waals surface area contributed by atoms with Gasteiger partial charge in [0.25, 0.3) is 11.8 Å². The number of rotatable bonds is 5. The number of para-hydroxylation sites is 4. The van der Waals surface area contributed by atoms with E-state index in [0.29, 0.717) is 22.6 Å². The molecule has 150 valence electrons. The first-order chi connectivity index (χ1) is 14.6. The molecule has 0 saturated carbocycles. The average Bonchev–Trinajstić information content (AvgIpc) is 2.77. The molecule has 2 N–H and O–H groups in total. The van der Waals surface area contributed by atoms with Gasteiger partial charge in [0.2, 0.25) is 5.91 Å². The zero-order valence-electron chi connectivity index (χ0n) is 16.0. The fourth-order valence-corrected chi connectivity index (χ4v) is 3.17. The number of fused-ring (bicyclic) bond motifs is 1. The van der Waals surface area contributed by atoms with Crippen LogP contribution >= 0.6 is 0 Å². The first-order valence-corrected chi connectivity index (χ1v) is 9.39. The fraction of sp³-hybridized carbons (Fsp3) is 0.0870. The van der Waals surface area contributed by atoms with Crippen molar-refractivity contribution in [2.45, 2.75) is 0 Å². The van der Waals surface area contributed by atoms with Gasteiger partial charge in [-0.25, -0.2) is 0 Å². The molecule has 7 heteroatoms. The van der Waals surface area contributed by atoms with E-state index in [0.717, 1.165) is 0 Å². The van der Waals surface area contributed by atoms with Crippen LogP contribution < -0.4 is 20.3 Å². The molecule has 0 saturated heterocycles. The summed E-state index contributed by atoms with van der Waals surface area (Å²) in [5, 5.41) is 5.54. The number of hydrogen-bond acceptors (Lipinski definition) is 4. The summed E-state index contributed by atoms with van der Waals surface area (Å²) in [5.74, 6) is -0.707. The van der Waals surface area contributed by atoms with Gasteiger partial charge in [-0.3, -0.25) is 19.3 Å². The molecule has 30 heavy (non-hydrogen) atoms. The third-order valence-corrected chi connectivity index (χ3v) is 4.59. The lowest BCUT2D eigenvalue weighted by Crippen LogP contribution is -2.44. The lowest BCUT2D eigenvalue weighted by atomic mass is 10.1. The highest BCUT2D eigenvalue weighted by atomic mass is 16.5. The molecule has 0 fully saturated rings. The molecule has 1 aliphatic rings. The van der Waals surface area contributed by atoms with Crippen molar-refractivity contribution in [1.82, 2.24) is 0 Å². The quantitative estimate of drug-likeness (QED) is 0.687. The van der Waals surface area contributed by atoms with E-state index in [9.17, 15) is 14.4 Å². The molecule has 0 spiro atoms. The van der Waals surface area contributed by atoms with Crippen molar-refractivity contribution in [3.63, 3.8) is 0 Å². The molecular formula is C23H19N3O4. The van der Waals surface area contributed by atoms with Crippen molar-refractivity contribution in [2.24, 2.45) is 0 Å². The second-order valence-electron chi connectivity index (χ2n) is 6.65. The Morgan fingerprint density at radius 2 is 1.63 bits per heavy atom. The van der Waals surface area contributed by atoms with Crippen molar-refractivity contribution in [3.8, 4) is 5.75 Å². The van der Waals surface area contributed by atoms with E-state index in [1.165, 1.54) is 4.90 Å². The first kappa shape index (κ1) is 19.2. The van der Waals surface area contributed by atoms with Gasteiger partial charge < -0.3 is 15.4 Å². The molecular weight excluding hydrogens is 382 g/mol. The Kier molecular flexibility index (Phi) is 5.43. The van der Waals surface area contributed by atoms with Gasteiger partial charge in [0, 0.05) is 5.69 Å². The van der Waals surface area contributed by atoms with Gasteiger partial charge in [0.15, 0.2) is 6.61 Å². The van der Waals surface area contributed by atoms with Gasteiger partial charge in [0.1, 0.15) is 12.3 Å². The number of carbonyl (C=O) groups is 3. The summed E-state index contributed by atoms with van der Waals surface area (Å²) >= 11 is 0. The summed E-state index contributed by atoms with van der Waals surface area (Å²) in [6, 6.07) is 22.8. The Bertz CT molecular complexity index is 1100. The molecule has 3 aromatic rings. The molecule has 4 rings (SSSR count). The number of hydrogen-bond donors (Lipinski definition) is 2. The van der Waals surface area contributed by atoms with Crippen LogP contribution in [0.15, 0.2) is 78.9 Å². The highest BCUT2D eigenvalue weighted by Gasteiger charge is 2.27. The van der Waals surface area contributed by atoms with Crippen LogP contribution in [-0.2, 0) is 9.59 Å². The number of ether oxygens (including phenoxy) is 1. The van der Waals surface area contributed by atoms with Gasteiger partial charge in [-0.05, 0) is 36.4 Å². The van der Waals surface area contributed by atoms with Crippen molar-refractivity contribution >= 4 is 34.8 Å². The summed E-state index contributed by atoms with van der Waals surface area (Å²) in [5.41, 5.74) is 2.15. The molecule has 0 bridgehead atoms. The lowest BCUT2D eigenvalue weighted by Gasteiger charge is -2.29. The number of nitrogens with one attached hydrogen (secondary N) is 2. The Morgan fingerprint density at radius 1 is 0.933 bits per heavy atom. The summed E-state index contributed by atoms with van der Waals surface area (Å²) in [4.78, 5) is 38.7. The van der Waals surface area contributed by atoms with Crippen molar-refractivity contribution in [3.05, 3.63) is 84.4 Å². The van der Waals surface area contributed by atoms with Crippen LogP contribution in [0, 0.1) is 0 Å². The number of anilines is 3. The summed E-state index contributed by atoms with van der Waals surface area (Å²) in [7, 11) is 0. The zero-order chi connectivity index (χ0) is 20.9. The maximum atomic E-state index is 12.8. The van der Waals surface area contributed by atoms with Gasteiger partial charge in [0.05, 0.1) is 16.9 Å². The van der Waals surface area contributed by atoms with E-state index in [1.54, 1.807) is 60.7 Å². The third kappa shape index (κ3) is 4.15. The summed E-state index contributed by atoms with van der Waals surface area (Å²) < 4.78 is 5.68. The van der Waals surface area contributed by atoms with Crippen LogP contribution in [0.4, 0.5) is 17.1 Å². The summed E-state index contributed by atoms with van der Waals surface area (Å²) in [6.45, 7) is -0.396. The summed E-state index contributed by atoms with van der Waals surface area (Å²) in [6.07, 6.45) is 0. The van der Waals surface area contributed by atoms with E-state index < -0.39 is 0 Å². The van der Waals surface area contributed by atoms with Crippen LogP contribution in [-0.4, -0.2) is 30.9 Å². The number of nitrogens with zero attached hydrogens (tertiary/aromatic N) is 1. The topological polar surface area (TPSA) is 87.7 Å². The van der Waals surface area contributed by atoms with Crippen LogP contribution in [0.1, 0.15) is 10.4 Å². The first-order valence-electron chi connectivity index (χ1n) is 9.39. The molecule has 0 unspecified atom stereocenters. The zero-order valence-corrected chi connectivity index (χ0v) is 16.0. The third-order valence-electron chi connectivity index (χ3n) is 4.59. The average molecular weight is 401 g/mol. The Balaban J connectivity index is 1.48. The van der Waals surface area contributed by atoms with Gasteiger partial charge >= 0.3 is 0 Å². The standard InChI is InChI=1S/C23H19N3O4/c27-21-14-26(19-12-6-5-11-18(19)25-21)22(28)15-30-20-13-7-4-10-17(20)23(29)24-16-8-2-1-3-9-16/h1-13H,14-15H2,(H,24,29)(H,25,27). The molecule has 0 aromatic heterocycles. The predicted molar refractivity (Wildman–Crippen MR) is 114 cm³/mol. The Morgan fingerprint density at radius 3 is 2.47 bits per heavy atom. The maximum absolute atomic E-state index is 12.8. The molecule has 1 heterocycles. The van der Waals surface area contributed by atoms with E-state index in [-0.39, 0.29) is 36.6 Å². The molecule has 0 radical (unpaired) electrons. The van der Waals surface area contributed by atoms with Gasteiger partial charge in [-0.2, -0.15) is 0 Å². The minimum Gasteiger partial charge on any atom is -0.483 e. The number of carbonyl (C=O) groups excluding carboxylic acids is 3. The van der Waals surface area contributed by atoms with Crippen molar-refractivity contribution in [1.29, 1.82) is 0 Å². The Labute approximate surface area is 173 Å². The van der Waals surface area contributed by atoms with Crippen LogP contribution in [0.2, 0.25) is 0 Å². The van der Waals surface area contributed by atoms with Gasteiger partial charge in [-0.15, -0.1) is 0 Å². The largest absolute Gasteiger partial charge is 0.483 e. The predicted octanol–water partition coefficient (Wildman–Crippen LogP) is 3.30. The number of amides is 3. The highest BCUT2D eigenvalue weighted by Crippen LogP contribution is 2.29. The monoisotopic (exact) mass is 401 g/mol. The highest BCUT2D eigenvalue weighted by molar-refractivity contribution is 6.10. The normalized spacial score (nSPS) is 12.5. The molecule has 7 nitrogen and oxygen atoms in total. The molecule has 1 aliphatic heterocycles. The SMILES string of the molecule is O=C1CN(C(=O)COc2ccccc2C(=O)Nc2ccccc2)c2ccccc2N1. The lowest BCUT2D eigenvalue weighted by molar-refractivity contribution is -0.123. The maximum Gasteiger partial charge on any atom is 0.265 e. The van der Waals surface area contributed by atoms with Crippen molar-refractivity contribution < 1.29 is 19.1 Å². The smallest absolute Gasteiger partial charge is 0.265 e. The second kappa shape index (κ2) is 8.48. The van der Waals surface area contributed by atoms with E-state index in [2.05, 4.69) is 10.6 Å². The minimum absolute atomic E-state index is 0.0879. The molecule has 3 aromatic carbocycles. The van der Waals surface area contributed by atoms with E-state index in [1.807, 2.05) is 18.2 Å². The van der Waals surface area contributed by atoms with Crippen LogP contribution in [0.25, 0.3) is 0 Å². The van der Waals surface area contributed by atoms with E-state index >= 15 is 0 Å². The minimum atomic E-state index is -0.379. The van der Waals surface area contributed by atoms with Crippen LogP contribution in [0.5, 0.6) is 5.75 Å². The molecule has 3 amide bonds.